The number of pyridine rings is 1. The number of para-hydroxylation sites is 1. The molecular formula is C28H34N2O3. The predicted octanol–water partition coefficient (Wildman–Crippen LogP) is 6.74. The smallest absolute Gasteiger partial charge is 0.257 e. The summed E-state index contributed by atoms with van der Waals surface area (Å²) in [6, 6.07) is 19.2. The number of hydrogen-bond acceptors (Lipinski definition) is 4. The summed E-state index contributed by atoms with van der Waals surface area (Å²) in [5, 5.41) is 2.97. The molecule has 0 saturated heterocycles. The van der Waals surface area contributed by atoms with Gasteiger partial charge >= 0.3 is 0 Å². The molecule has 2 aromatic carbocycles. The van der Waals surface area contributed by atoms with Crippen LogP contribution in [0.1, 0.15) is 60.9 Å². The molecule has 0 saturated carbocycles. The molecule has 0 radical (unpaired) electrons. The van der Waals surface area contributed by atoms with Crippen LogP contribution in [0, 0.1) is 6.92 Å². The molecule has 0 fully saturated rings. The van der Waals surface area contributed by atoms with Crippen molar-refractivity contribution in [3.8, 4) is 11.5 Å². The van der Waals surface area contributed by atoms with Crippen LogP contribution in [0.2, 0.25) is 0 Å². The summed E-state index contributed by atoms with van der Waals surface area (Å²) < 4.78 is 11.9. The zero-order chi connectivity index (χ0) is 23.6. The SMILES string of the molecule is CCCOC(C)Cc1ccc(C(=O)Nc2cccc(Oc3ccccc3CCC)c2)c(C)n1. The first-order chi connectivity index (χ1) is 16.0. The zero-order valence-electron chi connectivity index (χ0n) is 20.1. The van der Waals surface area contributed by atoms with Crippen LogP contribution in [-0.4, -0.2) is 23.6 Å². The van der Waals surface area contributed by atoms with E-state index >= 15 is 0 Å². The molecule has 1 N–H and O–H groups in total. The van der Waals surface area contributed by atoms with E-state index in [1.165, 1.54) is 5.56 Å². The van der Waals surface area contributed by atoms with E-state index in [4.69, 9.17) is 9.47 Å². The minimum atomic E-state index is -0.189. The highest BCUT2D eigenvalue weighted by Crippen LogP contribution is 2.28. The normalized spacial score (nSPS) is 11.8. The second-order valence-electron chi connectivity index (χ2n) is 8.26. The topological polar surface area (TPSA) is 60.5 Å². The van der Waals surface area contributed by atoms with Crippen LogP contribution in [0.3, 0.4) is 0 Å². The molecule has 0 aliphatic rings. The van der Waals surface area contributed by atoms with Crippen molar-refractivity contribution in [1.82, 2.24) is 4.98 Å². The summed E-state index contributed by atoms with van der Waals surface area (Å²) in [5.74, 6) is 1.34. The van der Waals surface area contributed by atoms with Crippen LogP contribution in [0.4, 0.5) is 5.69 Å². The van der Waals surface area contributed by atoms with Gasteiger partial charge in [0.2, 0.25) is 0 Å². The maximum Gasteiger partial charge on any atom is 0.257 e. The van der Waals surface area contributed by atoms with E-state index in [1.54, 1.807) is 0 Å². The highest BCUT2D eigenvalue weighted by Gasteiger charge is 2.13. The Morgan fingerprint density at radius 3 is 2.61 bits per heavy atom. The van der Waals surface area contributed by atoms with Gasteiger partial charge in [0.15, 0.2) is 0 Å². The fourth-order valence-electron chi connectivity index (χ4n) is 3.68. The van der Waals surface area contributed by atoms with Gasteiger partial charge in [0.05, 0.1) is 17.4 Å². The Balaban J connectivity index is 1.67. The summed E-state index contributed by atoms with van der Waals surface area (Å²) >= 11 is 0. The molecule has 0 aliphatic carbocycles. The quantitative estimate of drug-likeness (QED) is 0.354. The van der Waals surface area contributed by atoms with E-state index in [0.717, 1.165) is 43.7 Å². The lowest BCUT2D eigenvalue weighted by atomic mass is 10.1. The summed E-state index contributed by atoms with van der Waals surface area (Å²) in [6.45, 7) is 8.89. The summed E-state index contributed by atoms with van der Waals surface area (Å²) in [4.78, 5) is 17.5. The van der Waals surface area contributed by atoms with Crippen LogP contribution in [-0.2, 0) is 17.6 Å². The fourth-order valence-corrected chi connectivity index (χ4v) is 3.68. The van der Waals surface area contributed by atoms with E-state index in [-0.39, 0.29) is 12.0 Å². The number of nitrogens with one attached hydrogen (secondary N) is 1. The Bertz CT molecular complexity index is 1060. The highest BCUT2D eigenvalue weighted by molar-refractivity contribution is 6.05. The molecule has 1 unspecified atom stereocenters. The molecule has 174 valence electrons. The van der Waals surface area contributed by atoms with E-state index in [9.17, 15) is 4.79 Å². The van der Waals surface area contributed by atoms with Gasteiger partial charge in [-0.15, -0.1) is 0 Å². The van der Waals surface area contributed by atoms with Gasteiger partial charge in [-0.1, -0.05) is 44.5 Å². The molecule has 5 heteroatoms. The van der Waals surface area contributed by atoms with Crippen molar-refractivity contribution in [2.24, 2.45) is 0 Å². The first-order valence-electron chi connectivity index (χ1n) is 11.8. The summed E-state index contributed by atoms with van der Waals surface area (Å²) in [7, 11) is 0. The number of benzene rings is 2. The second kappa shape index (κ2) is 12.2. The number of carbonyl (C=O) groups is 1. The Labute approximate surface area is 197 Å². The number of nitrogens with zero attached hydrogens (tertiary/aromatic N) is 1. The fraction of sp³-hybridized carbons (Fsp3) is 0.357. The van der Waals surface area contributed by atoms with Crippen molar-refractivity contribution in [1.29, 1.82) is 0 Å². The molecule has 1 atom stereocenters. The van der Waals surface area contributed by atoms with Crippen LogP contribution >= 0.6 is 0 Å². The molecule has 0 bridgehead atoms. The minimum Gasteiger partial charge on any atom is -0.457 e. The lowest BCUT2D eigenvalue weighted by Crippen LogP contribution is -2.16. The molecule has 1 aromatic heterocycles. The summed E-state index contributed by atoms with van der Waals surface area (Å²) in [5.41, 5.74) is 4.03. The van der Waals surface area contributed by atoms with Crippen LogP contribution in [0.25, 0.3) is 0 Å². The number of aromatic nitrogens is 1. The van der Waals surface area contributed by atoms with Gasteiger partial charge in [-0.3, -0.25) is 9.78 Å². The predicted molar refractivity (Wildman–Crippen MR) is 133 cm³/mol. The Morgan fingerprint density at radius 1 is 1.03 bits per heavy atom. The molecule has 5 nitrogen and oxygen atoms in total. The van der Waals surface area contributed by atoms with Crippen molar-refractivity contribution >= 4 is 11.6 Å². The number of amides is 1. The molecule has 0 aliphatic heterocycles. The third kappa shape index (κ3) is 7.16. The van der Waals surface area contributed by atoms with Gasteiger partial charge in [0.25, 0.3) is 5.91 Å². The minimum absolute atomic E-state index is 0.0988. The third-order valence-electron chi connectivity index (χ3n) is 5.30. The van der Waals surface area contributed by atoms with Gasteiger partial charge in [0.1, 0.15) is 11.5 Å². The van der Waals surface area contributed by atoms with Crippen LogP contribution in [0.5, 0.6) is 11.5 Å². The number of rotatable bonds is 11. The average molecular weight is 447 g/mol. The zero-order valence-corrected chi connectivity index (χ0v) is 20.1. The first-order valence-corrected chi connectivity index (χ1v) is 11.8. The molecule has 0 spiro atoms. The molecular weight excluding hydrogens is 412 g/mol. The average Bonchev–Trinajstić information content (AvgIpc) is 2.79. The Morgan fingerprint density at radius 2 is 1.85 bits per heavy atom. The maximum absolute atomic E-state index is 12.9. The highest BCUT2D eigenvalue weighted by atomic mass is 16.5. The Hall–Kier alpha value is -3.18. The Kier molecular flexibility index (Phi) is 9.02. The van der Waals surface area contributed by atoms with Crippen molar-refractivity contribution in [3.63, 3.8) is 0 Å². The molecule has 33 heavy (non-hydrogen) atoms. The van der Waals surface area contributed by atoms with Gasteiger partial charge in [-0.2, -0.15) is 0 Å². The molecule has 3 aromatic rings. The monoisotopic (exact) mass is 446 g/mol. The molecule has 1 heterocycles. The van der Waals surface area contributed by atoms with Gasteiger partial charge in [-0.25, -0.2) is 0 Å². The van der Waals surface area contributed by atoms with Crippen molar-refractivity contribution in [2.75, 3.05) is 11.9 Å². The van der Waals surface area contributed by atoms with Gasteiger partial charge in [0, 0.05) is 30.5 Å². The standard InChI is InChI=1S/C28H34N2O3/c1-5-10-22-11-7-8-14-27(22)33-25-13-9-12-23(19-25)30-28(31)26-16-15-24(29-21(26)4)18-20(3)32-17-6-2/h7-9,11-16,19-20H,5-6,10,17-18H2,1-4H3,(H,30,31). The van der Waals surface area contributed by atoms with E-state index < -0.39 is 0 Å². The lowest BCUT2D eigenvalue weighted by Gasteiger charge is -2.14. The van der Waals surface area contributed by atoms with Gasteiger partial charge in [-0.05, 0) is 62.6 Å². The van der Waals surface area contributed by atoms with Crippen LogP contribution in [0.15, 0.2) is 60.7 Å². The molecule has 3 rings (SSSR count). The second-order valence-corrected chi connectivity index (χ2v) is 8.26. The van der Waals surface area contributed by atoms with E-state index in [2.05, 4.69) is 30.2 Å². The van der Waals surface area contributed by atoms with Crippen molar-refractivity contribution < 1.29 is 14.3 Å². The van der Waals surface area contributed by atoms with E-state index in [0.29, 0.717) is 22.7 Å². The number of carbonyl (C=O) groups excluding carboxylic acids is 1. The van der Waals surface area contributed by atoms with E-state index in [1.807, 2.05) is 68.4 Å². The number of anilines is 1. The van der Waals surface area contributed by atoms with Crippen molar-refractivity contribution in [3.05, 3.63) is 83.2 Å². The molecule has 1 amide bonds. The number of aryl methyl sites for hydroxylation is 2. The lowest BCUT2D eigenvalue weighted by molar-refractivity contribution is 0.0663. The maximum atomic E-state index is 12.9. The van der Waals surface area contributed by atoms with Crippen molar-refractivity contribution in [2.45, 2.75) is 59.5 Å². The largest absolute Gasteiger partial charge is 0.457 e. The first kappa shape index (κ1) is 24.5. The van der Waals surface area contributed by atoms with Crippen LogP contribution < -0.4 is 10.1 Å². The number of hydrogen-bond donors (Lipinski definition) is 1. The number of ether oxygens (including phenoxy) is 2. The third-order valence-corrected chi connectivity index (χ3v) is 5.30. The summed E-state index contributed by atoms with van der Waals surface area (Å²) in [6.07, 6.45) is 3.82. The van der Waals surface area contributed by atoms with Gasteiger partial charge < -0.3 is 14.8 Å².